The number of rotatable bonds is 2. The van der Waals surface area contributed by atoms with E-state index in [0.29, 0.717) is 24.1 Å². The number of hydrogen-bond donors (Lipinski definition) is 3. The summed E-state index contributed by atoms with van der Waals surface area (Å²) in [6.07, 6.45) is 1.26. The van der Waals surface area contributed by atoms with Crippen LogP contribution < -0.4 is 5.32 Å². The van der Waals surface area contributed by atoms with Crippen LogP contribution in [0.25, 0.3) is 11.0 Å². The molecule has 2 aromatic heterocycles. The van der Waals surface area contributed by atoms with Crippen LogP contribution in [0.3, 0.4) is 0 Å². The molecule has 8 nitrogen and oxygen atoms in total. The van der Waals surface area contributed by atoms with Crippen molar-refractivity contribution < 1.29 is 24.5 Å². The van der Waals surface area contributed by atoms with Crippen molar-refractivity contribution in [3.05, 3.63) is 30.1 Å². The summed E-state index contributed by atoms with van der Waals surface area (Å²) in [6, 6.07) is 2.76. The Balaban J connectivity index is 1.92. The number of aliphatic hydroxyl groups is 1. The number of nitrogens with zero attached hydrogens (tertiary/aromatic N) is 2. The van der Waals surface area contributed by atoms with E-state index in [1.165, 1.54) is 12.4 Å². The van der Waals surface area contributed by atoms with Crippen LogP contribution >= 0.6 is 0 Å². The molecule has 1 fully saturated rings. The first-order valence-corrected chi connectivity index (χ1v) is 6.84. The minimum Gasteiger partial charge on any atom is -0.464 e. The van der Waals surface area contributed by atoms with E-state index in [1.807, 2.05) is 0 Å². The van der Waals surface area contributed by atoms with Crippen LogP contribution in [0.15, 0.2) is 24.5 Å². The van der Waals surface area contributed by atoms with E-state index in [2.05, 4.69) is 10.3 Å². The molecule has 0 unspecified atom stereocenters. The van der Waals surface area contributed by atoms with Gasteiger partial charge in [0.2, 0.25) is 0 Å². The molecule has 22 heavy (non-hydrogen) atoms. The van der Waals surface area contributed by atoms with Crippen LogP contribution in [0.1, 0.15) is 16.8 Å². The predicted molar refractivity (Wildman–Crippen MR) is 75.9 cm³/mol. The Labute approximate surface area is 125 Å². The maximum atomic E-state index is 12.4. The van der Waals surface area contributed by atoms with Gasteiger partial charge in [-0.05, 0) is 18.6 Å². The zero-order valence-electron chi connectivity index (χ0n) is 11.6. The molecule has 2 aromatic rings. The van der Waals surface area contributed by atoms with Gasteiger partial charge in [-0.15, -0.1) is 0 Å². The quantitative estimate of drug-likeness (QED) is 0.742. The van der Waals surface area contributed by atoms with E-state index in [9.17, 15) is 19.8 Å². The van der Waals surface area contributed by atoms with Crippen LogP contribution in [0.2, 0.25) is 0 Å². The lowest BCUT2D eigenvalue weighted by atomic mass is 10.1. The molecule has 116 valence electrons. The van der Waals surface area contributed by atoms with Crippen molar-refractivity contribution in [3.63, 3.8) is 0 Å². The van der Waals surface area contributed by atoms with Crippen LogP contribution in [0.4, 0.5) is 4.79 Å². The number of ether oxygens (including phenoxy) is 1. The summed E-state index contributed by atoms with van der Waals surface area (Å²) in [5.74, 6) is -0.463. The monoisotopic (exact) mass is 305 g/mol. The van der Waals surface area contributed by atoms with E-state index in [1.54, 1.807) is 12.1 Å². The molecule has 1 aliphatic rings. The molecule has 0 aliphatic carbocycles. The van der Waals surface area contributed by atoms with E-state index in [4.69, 9.17) is 4.74 Å². The Morgan fingerprint density at radius 1 is 1.45 bits per heavy atom. The Kier molecular flexibility index (Phi) is 3.78. The highest BCUT2D eigenvalue weighted by atomic mass is 16.5. The van der Waals surface area contributed by atoms with Gasteiger partial charge < -0.3 is 20.3 Å². The summed E-state index contributed by atoms with van der Waals surface area (Å²) in [5.41, 5.74) is 0.813. The van der Waals surface area contributed by atoms with Gasteiger partial charge in [-0.2, -0.15) is 0 Å². The topological polar surface area (TPSA) is 114 Å². The van der Waals surface area contributed by atoms with Crippen molar-refractivity contribution >= 4 is 23.0 Å². The molecule has 3 N–H and O–H groups in total. The molecule has 1 aliphatic heterocycles. The molecule has 1 saturated heterocycles. The fraction of sp³-hybridized carbons (Fsp3) is 0.357. The van der Waals surface area contributed by atoms with Crippen molar-refractivity contribution in [1.29, 1.82) is 0 Å². The fourth-order valence-corrected chi connectivity index (χ4v) is 2.52. The SMILES string of the molecule is O=C(N[C@@H]1CCOC[C@H]1O)c1cn(C(=O)O)c2cccnc12. The Hall–Kier alpha value is -2.45. The first kappa shape index (κ1) is 14.5. The third-order valence-electron chi connectivity index (χ3n) is 3.65. The molecular formula is C14H15N3O5. The van der Waals surface area contributed by atoms with E-state index < -0.39 is 24.1 Å². The normalized spacial score (nSPS) is 21.7. The largest absolute Gasteiger partial charge is 0.464 e. The first-order chi connectivity index (χ1) is 10.6. The number of fused-ring (bicyclic) bond motifs is 1. The lowest BCUT2D eigenvalue weighted by molar-refractivity contribution is -0.0260. The maximum Gasteiger partial charge on any atom is 0.416 e. The summed E-state index contributed by atoms with van der Waals surface area (Å²) in [4.78, 5) is 27.7. The van der Waals surface area contributed by atoms with E-state index in [0.717, 1.165) is 4.57 Å². The minimum atomic E-state index is -1.19. The third kappa shape index (κ3) is 2.53. The molecule has 2 atom stereocenters. The summed E-state index contributed by atoms with van der Waals surface area (Å²) < 4.78 is 6.07. The summed E-state index contributed by atoms with van der Waals surface area (Å²) in [6.45, 7) is 0.622. The van der Waals surface area contributed by atoms with Crippen molar-refractivity contribution in [2.45, 2.75) is 18.6 Å². The van der Waals surface area contributed by atoms with Gasteiger partial charge >= 0.3 is 6.09 Å². The number of carbonyl (C=O) groups is 2. The molecular weight excluding hydrogens is 290 g/mol. The van der Waals surface area contributed by atoms with Gasteiger partial charge in [0, 0.05) is 19.0 Å². The van der Waals surface area contributed by atoms with Gasteiger partial charge in [-0.25, -0.2) is 4.79 Å². The number of aromatic nitrogens is 2. The molecule has 8 heteroatoms. The Morgan fingerprint density at radius 3 is 3.00 bits per heavy atom. The molecule has 3 rings (SSSR count). The van der Waals surface area contributed by atoms with Gasteiger partial charge in [-0.1, -0.05) is 0 Å². The predicted octanol–water partition coefficient (Wildman–Crippen LogP) is 0.442. The Bertz CT molecular complexity index is 726. The highest BCUT2D eigenvalue weighted by Crippen LogP contribution is 2.19. The summed E-state index contributed by atoms with van der Waals surface area (Å²) in [7, 11) is 0. The lowest BCUT2D eigenvalue weighted by Gasteiger charge is -2.28. The van der Waals surface area contributed by atoms with Crippen molar-refractivity contribution in [3.8, 4) is 0 Å². The molecule has 1 amide bonds. The standard InChI is InChI=1S/C14H15N3O5/c18-11-7-22-5-3-9(11)16-13(19)8-6-17(14(20)21)10-2-1-4-15-12(8)10/h1-2,4,6,9,11,18H,3,5,7H2,(H,16,19)(H,20,21)/t9-,11-/m1/s1. The van der Waals surface area contributed by atoms with Crippen LogP contribution in [0.5, 0.6) is 0 Å². The number of carboxylic acid groups (broad SMARTS) is 1. The number of nitrogens with one attached hydrogen (secondary N) is 1. The van der Waals surface area contributed by atoms with Crippen molar-refractivity contribution in [2.75, 3.05) is 13.2 Å². The molecule has 3 heterocycles. The maximum absolute atomic E-state index is 12.4. The lowest BCUT2D eigenvalue weighted by Crippen LogP contribution is -2.48. The molecule has 0 aromatic carbocycles. The average Bonchev–Trinajstić information content (AvgIpc) is 2.89. The highest BCUT2D eigenvalue weighted by Gasteiger charge is 2.27. The fourth-order valence-electron chi connectivity index (χ4n) is 2.52. The molecule has 0 saturated carbocycles. The summed E-state index contributed by atoms with van der Waals surface area (Å²) >= 11 is 0. The molecule has 0 spiro atoms. The second-order valence-electron chi connectivity index (χ2n) is 5.08. The number of carbonyl (C=O) groups excluding carboxylic acids is 1. The third-order valence-corrected chi connectivity index (χ3v) is 3.65. The van der Waals surface area contributed by atoms with Crippen molar-refractivity contribution in [1.82, 2.24) is 14.9 Å². The van der Waals surface area contributed by atoms with E-state index in [-0.39, 0.29) is 12.2 Å². The summed E-state index contributed by atoms with van der Waals surface area (Å²) in [5, 5.41) is 21.7. The average molecular weight is 305 g/mol. The number of pyridine rings is 1. The van der Waals surface area contributed by atoms with E-state index >= 15 is 0 Å². The number of amides is 1. The smallest absolute Gasteiger partial charge is 0.416 e. The zero-order valence-corrected chi connectivity index (χ0v) is 11.6. The van der Waals surface area contributed by atoms with Gasteiger partial charge in [0.05, 0.1) is 29.8 Å². The highest BCUT2D eigenvalue weighted by molar-refractivity contribution is 6.07. The number of hydrogen-bond acceptors (Lipinski definition) is 5. The second-order valence-corrected chi connectivity index (χ2v) is 5.08. The van der Waals surface area contributed by atoms with Crippen LogP contribution in [0, 0.1) is 0 Å². The molecule has 0 radical (unpaired) electrons. The van der Waals surface area contributed by atoms with Crippen LogP contribution in [-0.4, -0.2) is 57.1 Å². The zero-order chi connectivity index (χ0) is 15.7. The molecule has 0 bridgehead atoms. The second kappa shape index (κ2) is 5.74. The van der Waals surface area contributed by atoms with Gasteiger partial charge in [0.1, 0.15) is 5.52 Å². The minimum absolute atomic E-state index is 0.164. The first-order valence-electron chi connectivity index (χ1n) is 6.84. The van der Waals surface area contributed by atoms with Gasteiger partial charge in [0.25, 0.3) is 5.91 Å². The Morgan fingerprint density at radius 2 is 2.27 bits per heavy atom. The number of aliphatic hydroxyl groups excluding tert-OH is 1. The van der Waals surface area contributed by atoms with Gasteiger partial charge in [0.15, 0.2) is 0 Å². The van der Waals surface area contributed by atoms with Crippen LogP contribution in [-0.2, 0) is 4.74 Å². The van der Waals surface area contributed by atoms with Gasteiger partial charge in [-0.3, -0.25) is 14.3 Å². The van der Waals surface area contributed by atoms with Crippen molar-refractivity contribution in [2.24, 2.45) is 0 Å².